The highest BCUT2D eigenvalue weighted by Gasteiger charge is 2.47. The van der Waals surface area contributed by atoms with E-state index in [0.29, 0.717) is 25.7 Å². The Labute approximate surface area is 147 Å². The van der Waals surface area contributed by atoms with E-state index in [-0.39, 0.29) is 12.2 Å². The van der Waals surface area contributed by atoms with Crippen LogP contribution < -0.4 is 0 Å². The zero-order chi connectivity index (χ0) is 17.5. The maximum atomic E-state index is 11.4. The number of hydrogen-bond acceptors (Lipinski definition) is 4. The molecule has 0 saturated heterocycles. The van der Waals surface area contributed by atoms with Crippen molar-refractivity contribution < 1.29 is 20.4 Å². The SMILES string of the molecule is OC1CCCCC(O)(C2(O)CCCCCC(O)CCC2)CCCC1. The number of hydrogen-bond donors (Lipinski definition) is 4. The predicted molar refractivity (Wildman–Crippen MR) is 95.8 cm³/mol. The molecule has 2 rings (SSSR count). The summed E-state index contributed by atoms with van der Waals surface area (Å²) in [5, 5.41) is 42.7. The third-order valence-corrected chi connectivity index (χ3v) is 6.38. The highest BCUT2D eigenvalue weighted by atomic mass is 16.4. The smallest absolute Gasteiger partial charge is 0.0933 e. The van der Waals surface area contributed by atoms with E-state index in [1.54, 1.807) is 0 Å². The second kappa shape index (κ2) is 9.51. The third kappa shape index (κ3) is 5.69. The Morgan fingerprint density at radius 3 is 1.29 bits per heavy atom. The van der Waals surface area contributed by atoms with Gasteiger partial charge in [0.1, 0.15) is 0 Å². The van der Waals surface area contributed by atoms with Crippen LogP contribution in [0.25, 0.3) is 0 Å². The summed E-state index contributed by atoms with van der Waals surface area (Å²) in [6, 6.07) is 0. The molecule has 0 aliphatic heterocycles. The van der Waals surface area contributed by atoms with Crippen molar-refractivity contribution in [3.05, 3.63) is 0 Å². The van der Waals surface area contributed by atoms with Crippen molar-refractivity contribution in [1.29, 1.82) is 0 Å². The Morgan fingerprint density at radius 2 is 0.792 bits per heavy atom. The molecular weight excluding hydrogens is 304 g/mol. The minimum Gasteiger partial charge on any atom is -0.393 e. The van der Waals surface area contributed by atoms with Crippen LogP contribution in [0.3, 0.4) is 0 Å². The summed E-state index contributed by atoms with van der Waals surface area (Å²) in [6.07, 6.45) is 12.5. The number of aliphatic hydroxyl groups excluding tert-OH is 2. The molecule has 2 unspecified atom stereocenters. The Hall–Kier alpha value is -0.160. The lowest BCUT2D eigenvalue weighted by Crippen LogP contribution is -2.54. The van der Waals surface area contributed by atoms with Gasteiger partial charge in [-0.05, 0) is 57.8 Å². The summed E-state index contributed by atoms with van der Waals surface area (Å²) in [7, 11) is 0. The summed E-state index contributed by atoms with van der Waals surface area (Å²) >= 11 is 0. The molecule has 0 aromatic heterocycles. The molecule has 0 aromatic carbocycles. The van der Waals surface area contributed by atoms with Crippen molar-refractivity contribution >= 4 is 0 Å². The van der Waals surface area contributed by atoms with E-state index in [4.69, 9.17) is 0 Å². The highest BCUT2D eigenvalue weighted by Crippen LogP contribution is 2.41. The molecule has 0 radical (unpaired) electrons. The Morgan fingerprint density at radius 1 is 0.458 bits per heavy atom. The first-order chi connectivity index (χ1) is 11.5. The molecule has 4 nitrogen and oxygen atoms in total. The zero-order valence-electron chi connectivity index (χ0n) is 15.3. The minimum absolute atomic E-state index is 0.200. The average Bonchev–Trinajstić information content (AvgIpc) is 2.55. The van der Waals surface area contributed by atoms with E-state index in [1.165, 1.54) is 0 Å². The van der Waals surface area contributed by atoms with E-state index >= 15 is 0 Å². The molecule has 2 saturated carbocycles. The molecule has 2 atom stereocenters. The predicted octanol–water partition coefficient (Wildman–Crippen LogP) is 3.44. The summed E-state index contributed by atoms with van der Waals surface area (Å²) in [6.45, 7) is 0. The second-order valence-electron chi connectivity index (χ2n) is 8.35. The van der Waals surface area contributed by atoms with Gasteiger partial charge >= 0.3 is 0 Å². The maximum Gasteiger partial charge on any atom is 0.0933 e. The Bertz CT molecular complexity index is 348. The topological polar surface area (TPSA) is 80.9 Å². The van der Waals surface area contributed by atoms with Crippen LogP contribution in [0.15, 0.2) is 0 Å². The lowest BCUT2D eigenvalue weighted by Gasteiger charge is -2.45. The molecule has 4 N–H and O–H groups in total. The maximum absolute atomic E-state index is 11.4. The van der Waals surface area contributed by atoms with Gasteiger partial charge in [0.15, 0.2) is 0 Å². The fourth-order valence-corrected chi connectivity index (χ4v) is 4.67. The standard InChI is InChI=1S/C20H38O4/c21-17-10-3-6-14-19(23,15-7-4-11-17)20(24)13-5-1-2-9-18(22)12-8-16-20/h17-18,21-24H,1-16H2. The van der Waals surface area contributed by atoms with Crippen LogP contribution in [0.2, 0.25) is 0 Å². The van der Waals surface area contributed by atoms with Crippen LogP contribution in [0.1, 0.15) is 103 Å². The third-order valence-electron chi connectivity index (χ3n) is 6.38. The van der Waals surface area contributed by atoms with E-state index in [1.807, 2.05) is 0 Å². The largest absolute Gasteiger partial charge is 0.393 e. The van der Waals surface area contributed by atoms with Crippen molar-refractivity contribution in [2.24, 2.45) is 0 Å². The van der Waals surface area contributed by atoms with Crippen molar-refractivity contribution in [3.8, 4) is 0 Å². The van der Waals surface area contributed by atoms with Gasteiger partial charge in [-0.15, -0.1) is 0 Å². The van der Waals surface area contributed by atoms with E-state index in [2.05, 4.69) is 0 Å². The van der Waals surface area contributed by atoms with Crippen molar-refractivity contribution in [3.63, 3.8) is 0 Å². The Balaban J connectivity index is 2.05. The van der Waals surface area contributed by atoms with Gasteiger partial charge in [-0.2, -0.15) is 0 Å². The summed E-state index contributed by atoms with van der Waals surface area (Å²) in [5.41, 5.74) is -2.04. The summed E-state index contributed by atoms with van der Waals surface area (Å²) in [5.74, 6) is 0. The van der Waals surface area contributed by atoms with Crippen LogP contribution in [0, 0.1) is 0 Å². The highest BCUT2D eigenvalue weighted by molar-refractivity contribution is 5.00. The molecule has 142 valence electrons. The van der Waals surface area contributed by atoms with E-state index < -0.39 is 11.2 Å². The summed E-state index contributed by atoms with van der Waals surface area (Å²) in [4.78, 5) is 0. The van der Waals surface area contributed by atoms with Crippen molar-refractivity contribution in [2.45, 2.75) is 126 Å². The molecule has 0 spiro atoms. The van der Waals surface area contributed by atoms with Gasteiger partial charge in [0, 0.05) is 0 Å². The average molecular weight is 343 g/mol. The van der Waals surface area contributed by atoms with Gasteiger partial charge < -0.3 is 20.4 Å². The monoisotopic (exact) mass is 342 g/mol. The molecule has 24 heavy (non-hydrogen) atoms. The molecule has 0 amide bonds. The first-order valence-electron chi connectivity index (χ1n) is 10.3. The van der Waals surface area contributed by atoms with Crippen molar-refractivity contribution in [1.82, 2.24) is 0 Å². The number of rotatable bonds is 1. The zero-order valence-corrected chi connectivity index (χ0v) is 15.3. The Kier molecular flexibility index (Phi) is 7.99. The van der Waals surface area contributed by atoms with E-state index in [9.17, 15) is 20.4 Å². The molecule has 0 bridgehead atoms. The van der Waals surface area contributed by atoms with Gasteiger partial charge in [-0.3, -0.25) is 0 Å². The molecular formula is C20H38O4. The van der Waals surface area contributed by atoms with Crippen LogP contribution in [0.5, 0.6) is 0 Å². The molecule has 0 aromatic rings. The van der Waals surface area contributed by atoms with Crippen molar-refractivity contribution in [2.75, 3.05) is 0 Å². The van der Waals surface area contributed by atoms with Crippen LogP contribution in [0.4, 0.5) is 0 Å². The summed E-state index contributed by atoms with van der Waals surface area (Å²) < 4.78 is 0. The molecule has 0 heterocycles. The van der Waals surface area contributed by atoms with Crippen LogP contribution in [-0.2, 0) is 0 Å². The molecule has 2 aliphatic rings. The normalized spacial score (nSPS) is 41.5. The fourth-order valence-electron chi connectivity index (χ4n) is 4.67. The van der Waals surface area contributed by atoms with Gasteiger partial charge in [-0.1, -0.05) is 44.9 Å². The fraction of sp³-hybridized carbons (Fsp3) is 1.00. The van der Waals surface area contributed by atoms with Crippen LogP contribution >= 0.6 is 0 Å². The van der Waals surface area contributed by atoms with Gasteiger partial charge in [0.05, 0.1) is 23.4 Å². The molecule has 2 fully saturated rings. The lowest BCUT2D eigenvalue weighted by molar-refractivity contribution is -0.172. The van der Waals surface area contributed by atoms with Gasteiger partial charge in [0.25, 0.3) is 0 Å². The van der Waals surface area contributed by atoms with Gasteiger partial charge in [0.2, 0.25) is 0 Å². The second-order valence-corrected chi connectivity index (χ2v) is 8.35. The quantitative estimate of drug-likeness (QED) is 0.588. The molecule has 2 aliphatic carbocycles. The number of aliphatic hydroxyl groups is 4. The van der Waals surface area contributed by atoms with E-state index in [0.717, 1.165) is 77.0 Å². The first-order valence-corrected chi connectivity index (χ1v) is 10.3. The minimum atomic E-state index is -1.03. The lowest BCUT2D eigenvalue weighted by atomic mass is 9.69. The molecule has 4 heteroatoms. The van der Waals surface area contributed by atoms with Gasteiger partial charge in [-0.25, -0.2) is 0 Å². The first kappa shape index (κ1) is 20.2. The van der Waals surface area contributed by atoms with Crippen LogP contribution in [-0.4, -0.2) is 43.8 Å².